The fraction of sp³-hybridized carbons (Fsp3) is 0.300. The molecule has 0 saturated heterocycles. The van der Waals surface area contributed by atoms with Gasteiger partial charge in [-0.1, -0.05) is 12.1 Å². The van der Waals surface area contributed by atoms with Gasteiger partial charge in [0.1, 0.15) is 6.04 Å². The highest BCUT2D eigenvalue weighted by Gasteiger charge is 2.13. The fourth-order valence-corrected chi connectivity index (χ4v) is 2.49. The maximum absolute atomic E-state index is 12.2. The number of amides is 1. The Morgan fingerprint density at radius 1 is 1.07 bits per heavy atom. The molecule has 0 aliphatic rings. The zero-order valence-corrected chi connectivity index (χ0v) is 16.2. The van der Waals surface area contributed by atoms with Crippen molar-refractivity contribution < 1.29 is 19.0 Å². The van der Waals surface area contributed by atoms with Crippen LogP contribution < -0.4 is 25.0 Å². The summed E-state index contributed by atoms with van der Waals surface area (Å²) in [5.41, 5.74) is 5.22. The molecule has 0 heterocycles. The van der Waals surface area contributed by atoms with E-state index in [9.17, 15) is 4.79 Å². The second-order valence-electron chi connectivity index (χ2n) is 5.93. The van der Waals surface area contributed by atoms with E-state index >= 15 is 0 Å². The second kappa shape index (κ2) is 9.47. The van der Waals surface area contributed by atoms with Gasteiger partial charge in [-0.25, -0.2) is 5.43 Å². The number of rotatable bonds is 8. The zero-order valence-electron chi connectivity index (χ0n) is 16.2. The average Bonchev–Trinajstić information content (AvgIpc) is 2.66. The molecule has 0 radical (unpaired) electrons. The van der Waals surface area contributed by atoms with Crippen molar-refractivity contribution in [2.45, 2.75) is 19.9 Å². The lowest BCUT2D eigenvalue weighted by molar-refractivity contribution is -0.121. The standard InChI is InChI=1S/C20H25N3O4/c1-13-7-6-8-16(9-13)22-14(2)20(24)23-21-12-15-10-17(25-3)19(27-5)18(11-15)26-4/h6-12,14,22H,1-5H3,(H,23,24)/b21-12-/t14-/m0/s1. The SMILES string of the molecule is COc1cc(/C=N\NC(=O)[C@H](C)Nc2cccc(C)c2)cc(OC)c1OC. The van der Waals surface area contributed by atoms with E-state index in [1.165, 1.54) is 13.3 Å². The highest BCUT2D eigenvalue weighted by atomic mass is 16.5. The highest BCUT2D eigenvalue weighted by molar-refractivity contribution is 5.87. The van der Waals surface area contributed by atoms with Crippen LogP contribution in [0.2, 0.25) is 0 Å². The van der Waals surface area contributed by atoms with Crippen molar-refractivity contribution in [3.63, 3.8) is 0 Å². The first kappa shape index (κ1) is 20.1. The molecule has 7 heteroatoms. The Labute approximate surface area is 159 Å². The minimum absolute atomic E-state index is 0.250. The Hall–Kier alpha value is -3.22. The lowest BCUT2D eigenvalue weighted by Gasteiger charge is -2.14. The van der Waals surface area contributed by atoms with E-state index in [1.54, 1.807) is 33.3 Å². The van der Waals surface area contributed by atoms with Crippen LogP contribution in [0.4, 0.5) is 5.69 Å². The Balaban J connectivity index is 2.02. The highest BCUT2D eigenvalue weighted by Crippen LogP contribution is 2.37. The Morgan fingerprint density at radius 3 is 2.30 bits per heavy atom. The summed E-state index contributed by atoms with van der Waals surface area (Å²) in [6.45, 7) is 3.77. The predicted octanol–water partition coefficient (Wildman–Crippen LogP) is 2.97. The number of carbonyl (C=O) groups excluding carboxylic acids is 1. The molecule has 0 spiro atoms. The normalized spacial score (nSPS) is 11.7. The van der Waals surface area contributed by atoms with Crippen LogP contribution in [0, 0.1) is 6.92 Å². The largest absolute Gasteiger partial charge is 0.493 e. The summed E-state index contributed by atoms with van der Waals surface area (Å²) in [4.78, 5) is 12.2. The van der Waals surface area contributed by atoms with E-state index in [4.69, 9.17) is 14.2 Å². The van der Waals surface area contributed by atoms with Gasteiger partial charge >= 0.3 is 0 Å². The second-order valence-corrected chi connectivity index (χ2v) is 5.93. The van der Waals surface area contributed by atoms with Gasteiger partial charge in [0.15, 0.2) is 11.5 Å². The first-order valence-corrected chi connectivity index (χ1v) is 8.44. The third-order valence-electron chi connectivity index (χ3n) is 3.87. The molecule has 0 aliphatic carbocycles. The monoisotopic (exact) mass is 371 g/mol. The molecule has 2 aromatic carbocycles. The summed E-state index contributed by atoms with van der Waals surface area (Å²) in [6.07, 6.45) is 1.52. The Bertz CT molecular complexity index is 796. The van der Waals surface area contributed by atoms with Gasteiger partial charge in [0.2, 0.25) is 5.75 Å². The van der Waals surface area contributed by atoms with Crippen LogP contribution >= 0.6 is 0 Å². The molecule has 1 amide bonds. The molecule has 144 valence electrons. The van der Waals surface area contributed by atoms with Crippen molar-refractivity contribution in [1.29, 1.82) is 0 Å². The van der Waals surface area contributed by atoms with Gasteiger partial charge in [0.05, 0.1) is 27.5 Å². The van der Waals surface area contributed by atoms with Crippen molar-refractivity contribution in [2.24, 2.45) is 5.10 Å². The molecule has 2 rings (SSSR count). The van der Waals surface area contributed by atoms with Crippen LogP contribution in [0.1, 0.15) is 18.1 Å². The Kier molecular flexibility index (Phi) is 7.05. The topological polar surface area (TPSA) is 81.2 Å². The number of carbonyl (C=O) groups is 1. The average molecular weight is 371 g/mol. The lowest BCUT2D eigenvalue weighted by Crippen LogP contribution is -2.34. The summed E-state index contributed by atoms with van der Waals surface area (Å²) in [5, 5.41) is 7.15. The van der Waals surface area contributed by atoms with Gasteiger partial charge < -0.3 is 19.5 Å². The molecule has 0 bridgehead atoms. The molecule has 0 saturated carbocycles. The molecule has 27 heavy (non-hydrogen) atoms. The number of methoxy groups -OCH3 is 3. The van der Waals surface area contributed by atoms with Crippen molar-refractivity contribution in [2.75, 3.05) is 26.6 Å². The number of aryl methyl sites for hydroxylation is 1. The van der Waals surface area contributed by atoms with E-state index in [0.717, 1.165) is 11.3 Å². The van der Waals surface area contributed by atoms with Crippen LogP contribution in [-0.2, 0) is 4.79 Å². The number of anilines is 1. The number of ether oxygens (including phenoxy) is 3. The third kappa shape index (κ3) is 5.37. The first-order valence-electron chi connectivity index (χ1n) is 8.44. The molecule has 0 aromatic heterocycles. The van der Waals surface area contributed by atoms with Gasteiger partial charge in [-0.05, 0) is 43.7 Å². The first-order chi connectivity index (χ1) is 13.0. The quantitative estimate of drug-likeness (QED) is 0.551. The van der Waals surface area contributed by atoms with Crippen molar-refractivity contribution in [3.05, 3.63) is 47.5 Å². The van der Waals surface area contributed by atoms with E-state index in [-0.39, 0.29) is 5.91 Å². The number of hydrogen-bond donors (Lipinski definition) is 2. The van der Waals surface area contributed by atoms with Gasteiger partial charge in [0.25, 0.3) is 5.91 Å². The van der Waals surface area contributed by atoms with Gasteiger partial charge in [-0.15, -0.1) is 0 Å². The fourth-order valence-electron chi connectivity index (χ4n) is 2.49. The molecule has 0 unspecified atom stereocenters. The molecule has 2 aromatic rings. The summed E-state index contributed by atoms with van der Waals surface area (Å²) >= 11 is 0. The molecular formula is C20H25N3O4. The molecule has 0 fully saturated rings. The molecule has 0 aliphatic heterocycles. The lowest BCUT2D eigenvalue weighted by atomic mass is 10.2. The van der Waals surface area contributed by atoms with Crippen LogP contribution in [-0.4, -0.2) is 39.5 Å². The van der Waals surface area contributed by atoms with Gasteiger partial charge in [-0.2, -0.15) is 5.10 Å². The number of hydrazone groups is 1. The predicted molar refractivity (Wildman–Crippen MR) is 106 cm³/mol. The van der Waals surface area contributed by atoms with Crippen molar-refractivity contribution >= 4 is 17.8 Å². The maximum atomic E-state index is 12.2. The minimum atomic E-state index is -0.441. The number of nitrogens with zero attached hydrogens (tertiary/aromatic N) is 1. The van der Waals surface area contributed by atoms with E-state index in [0.29, 0.717) is 22.8 Å². The van der Waals surface area contributed by atoms with E-state index in [2.05, 4.69) is 15.8 Å². The van der Waals surface area contributed by atoms with E-state index in [1.807, 2.05) is 31.2 Å². The van der Waals surface area contributed by atoms with Crippen LogP contribution in [0.25, 0.3) is 0 Å². The molecule has 2 N–H and O–H groups in total. The number of benzene rings is 2. The minimum Gasteiger partial charge on any atom is -0.493 e. The third-order valence-corrected chi connectivity index (χ3v) is 3.87. The summed E-state index contributed by atoms with van der Waals surface area (Å²) in [7, 11) is 4.62. The van der Waals surface area contributed by atoms with Crippen molar-refractivity contribution in [3.8, 4) is 17.2 Å². The van der Waals surface area contributed by atoms with Gasteiger partial charge in [0, 0.05) is 11.3 Å². The zero-order chi connectivity index (χ0) is 19.8. The van der Waals surface area contributed by atoms with Crippen LogP contribution in [0.3, 0.4) is 0 Å². The Morgan fingerprint density at radius 2 is 1.74 bits per heavy atom. The van der Waals surface area contributed by atoms with Crippen LogP contribution in [0.5, 0.6) is 17.2 Å². The molecule has 1 atom stereocenters. The van der Waals surface area contributed by atoms with Gasteiger partial charge in [-0.3, -0.25) is 4.79 Å². The summed E-state index contributed by atoms with van der Waals surface area (Å²) in [6, 6.07) is 10.9. The molecular weight excluding hydrogens is 346 g/mol. The van der Waals surface area contributed by atoms with Crippen LogP contribution in [0.15, 0.2) is 41.5 Å². The van der Waals surface area contributed by atoms with E-state index < -0.39 is 6.04 Å². The number of hydrogen-bond acceptors (Lipinski definition) is 6. The number of nitrogens with one attached hydrogen (secondary N) is 2. The smallest absolute Gasteiger partial charge is 0.262 e. The summed E-state index contributed by atoms with van der Waals surface area (Å²) in [5.74, 6) is 1.27. The molecule has 7 nitrogen and oxygen atoms in total. The van der Waals surface area contributed by atoms with Crippen molar-refractivity contribution in [1.82, 2.24) is 5.43 Å². The summed E-state index contributed by atoms with van der Waals surface area (Å²) < 4.78 is 15.9. The maximum Gasteiger partial charge on any atom is 0.262 e.